The van der Waals surface area contributed by atoms with E-state index < -0.39 is 0 Å². The fourth-order valence-corrected chi connectivity index (χ4v) is 2.50. The first kappa shape index (κ1) is 12.9. The second kappa shape index (κ2) is 5.46. The molecule has 1 aromatic heterocycles. The first-order valence-corrected chi connectivity index (χ1v) is 7.01. The maximum atomic E-state index is 11.9. The Morgan fingerprint density at radius 3 is 2.85 bits per heavy atom. The summed E-state index contributed by atoms with van der Waals surface area (Å²) in [4.78, 5) is 11.9. The Bertz CT molecular complexity index is 642. The van der Waals surface area contributed by atoms with Crippen LogP contribution in [-0.4, -0.2) is 29.3 Å². The second-order valence-electron chi connectivity index (χ2n) is 4.33. The molecule has 0 aliphatic carbocycles. The van der Waals surface area contributed by atoms with Gasteiger partial charge in [0.05, 0.1) is 6.42 Å². The number of hydrogen-bond donors (Lipinski definition) is 1. The Morgan fingerprint density at radius 1 is 1.30 bits per heavy atom. The third-order valence-electron chi connectivity index (χ3n) is 2.74. The summed E-state index contributed by atoms with van der Waals surface area (Å²) in [5.41, 5.74) is 0.869. The lowest BCUT2D eigenvalue weighted by Gasteiger charge is -2.18. The summed E-state index contributed by atoms with van der Waals surface area (Å²) in [6.45, 7) is 2.93. The number of carbonyl (C=O) groups excluding carboxylic acids is 1. The SMILES string of the molecule is Cc1nnc(NC(=O)Cc2ccc3c(c2)OCCO3)s1. The van der Waals surface area contributed by atoms with Crippen molar-refractivity contribution in [3.05, 3.63) is 28.8 Å². The number of fused-ring (bicyclic) bond motifs is 1. The third-order valence-corrected chi connectivity index (χ3v) is 3.50. The van der Waals surface area contributed by atoms with E-state index >= 15 is 0 Å². The van der Waals surface area contributed by atoms with Crippen molar-refractivity contribution in [2.45, 2.75) is 13.3 Å². The van der Waals surface area contributed by atoms with Crippen LogP contribution in [-0.2, 0) is 11.2 Å². The van der Waals surface area contributed by atoms with Crippen LogP contribution in [0.25, 0.3) is 0 Å². The van der Waals surface area contributed by atoms with Gasteiger partial charge in [-0.05, 0) is 24.6 Å². The van der Waals surface area contributed by atoms with Crippen molar-refractivity contribution in [2.75, 3.05) is 18.5 Å². The molecule has 2 aromatic rings. The molecule has 1 aliphatic rings. The van der Waals surface area contributed by atoms with E-state index in [1.807, 2.05) is 25.1 Å². The summed E-state index contributed by atoms with van der Waals surface area (Å²) < 4.78 is 10.9. The zero-order valence-electron chi connectivity index (χ0n) is 10.9. The number of nitrogens with one attached hydrogen (secondary N) is 1. The minimum atomic E-state index is -0.127. The predicted molar refractivity (Wildman–Crippen MR) is 74.4 cm³/mol. The van der Waals surface area contributed by atoms with Gasteiger partial charge in [0.15, 0.2) is 11.5 Å². The van der Waals surface area contributed by atoms with Crippen LogP contribution in [0.4, 0.5) is 5.13 Å². The van der Waals surface area contributed by atoms with Gasteiger partial charge in [0, 0.05) is 0 Å². The van der Waals surface area contributed by atoms with Crippen LogP contribution in [0.5, 0.6) is 11.5 Å². The van der Waals surface area contributed by atoms with Crippen LogP contribution < -0.4 is 14.8 Å². The molecule has 0 saturated carbocycles. The van der Waals surface area contributed by atoms with Crippen LogP contribution in [0.15, 0.2) is 18.2 Å². The van der Waals surface area contributed by atoms with E-state index in [2.05, 4.69) is 15.5 Å². The first-order chi connectivity index (χ1) is 9.70. The third kappa shape index (κ3) is 2.88. The molecule has 104 valence electrons. The maximum Gasteiger partial charge on any atom is 0.230 e. The number of aromatic nitrogens is 2. The minimum Gasteiger partial charge on any atom is -0.486 e. The van der Waals surface area contributed by atoms with Crippen molar-refractivity contribution < 1.29 is 14.3 Å². The molecule has 1 amide bonds. The number of carbonyl (C=O) groups is 1. The number of hydrogen-bond acceptors (Lipinski definition) is 6. The zero-order chi connectivity index (χ0) is 13.9. The van der Waals surface area contributed by atoms with Gasteiger partial charge in [-0.2, -0.15) is 0 Å². The summed E-state index contributed by atoms with van der Waals surface area (Å²) in [5.74, 6) is 1.28. The molecule has 6 nitrogen and oxygen atoms in total. The van der Waals surface area contributed by atoms with Crippen LogP contribution in [0.1, 0.15) is 10.6 Å². The molecule has 0 bridgehead atoms. The predicted octanol–water partition coefficient (Wildman–Crippen LogP) is 1.80. The standard InChI is InChI=1S/C13H13N3O3S/c1-8-15-16-13(20-8)14-12(17)7-9-2-3-10-11(6-9)19-5-4-18-10/h2-3,6H,4-5,7H2,1H3,(H,14,16,17). The van der Waals surface area contributed by atoms with Crippen molar-refractivity contribution in [1.29, 1.82) is 0 Å². The average molecular weight is 291 g/mol. The van der Waals surface area contributed by atoms with E-state index in [9.17, 15) is 4.79 Å². The number of ether oxygens (including phenoxy) is 2. The van der Waals surface area contributed by atoms with Gasteiger partial charge >= 0.3 is 0 Å². The van der Waals surface area contributed by atoms with Gasteiger partial charge in [0.2, 0.25) is 11.0 Å². The normalized spacial score (nSPS) is 13.1. The summed E-state index contributed by atoms with van der Waals surface area (Å²) in [7, 11) is 0. The molecular weight excluding hydrogens is 278 g/mol. The topological polar surface area (TPSA) is 73.3 Å². The molecule has 2 heterocycles. The van der Waals surface area contributed by atoms with E-state index in [1.54, 1.807) is 0 Å². The van der Waals surface area contributed by atoms with Gasteiger partial charge in [-0.15, -0.1) is 10.2 Å². The molecule has 0 unspecified atom stereocenters. The summed E-state index contributed by atoms with van der Waals surface area (Å²) >= 11 is 1.35. The highest BCUT2D eigenvalue weighted by Gasteiger charge is 2.13. The number of benzene rings is 1. The Labute approximate surface area is 119 Å². The van der Waals surface area contributed by atoms with Gasteiger partial charge in [0.25, 0.3) is 0 Å². The lowest BCUT2D eigenvalue weighted by molar-refractivity contribution is -0.115. The second-order valence-corrected chi connectivity index (χ2v) is 5.51. The van der Waals surface area contributed by atoms with Crippen molar-refractivity contribution >= 4 is 22.4 Å². The van der Waals surface area contributed by atoms with Crippen molar-refractivity contribution in [1.82, 2.24) is 10.2 Å². The fraction of sp³-hybridized carbons (Fsp3) is 0.308. The maximum absolute atomic E-state index is 11.9. The van der Waals surface area contributed by atoms with Crippen molar-refractivity contribution in [3.8, 4) is 11.5 Å². The molecule has 0 radical (unpaired) electrons. The molecule has 0 spiro atoms. The molecule has 1 aliphatic heterocycles. The van der Waals surface area contributed by atoms with Gasteiger partial charge < -0.3 is 14.8 Å². The van der Waals surface area contributed by atoms with Gasteiger partial charge in [-0.3, -0.25) is 4.79 Å². The number of nitrogens with zero attached hydrogens (tertiary/aromatic N) is 2. The number of aryl methyl sites for hydroxylation is 1. The smallest absolute Gasteiger partial charge is 0.230 e. The fourth-order valence-electron chi connectivity index (χ4n) is 1.89. The van der Waals surface area contributed by atoms with Crippen LogP contribution in [0.3, 0.4) is 0 Å². The highest BCUT2D eigenvalue weighted by atomic mass is 32.1. The summed E-state index contributed by atoms with van der Waals surface area (Å²) in [6, 6.07) is 5.52. The molecule has 7 heteroatoms. The lowest BCUT2D eigenvalue weighted by atomic mass is 10.1. The first-order valence-electron chi connectivity index (χ1n) is 6.19. The highest BCUT2D eigenvalue weighted by molar-refractivity contribution is 7.15. The van der Waals surface area contributed by atoms with E-state index in [-0.39, 0.29) is 12.3 Å². The molecule has 20 heavy (non-hydrogen) atoms. The van der Waals surface area contributed by atoms with Crippen LogP contribution >= 0.6 is 11.3 Å². The molecule has 0 saturated heterocycles. The summed E-state index contributed by atoms with van der Waals surface area (Å²) in [6.07, 6.45) is 0.259. The summed E-state index contributed by atoms with van der Waals surface area (Å²) in [5, 5.41) is 11.8. The quantitative estimate of drug-likeness (QED) is 0.933. The Morgan fingerprint density at radius 2 is 2.10 bits per heavy atom. The number of rotatable bonds is 3. The van der Waals surface area contributed by atoms with E-state index in [0.29, 0.717) is 24.1 Å². The molecule has 1 N–H and O–H groups in total. The van der Waals surface area contributed by atoms with E-state index in [1.165, 1.54) is 11.3 Å². The number of anilines is 1. The van der Waals surface area contributed by atoms with E-state index in [4.69, 9.17) is 9.47 Å². The molecule has 0 fully saturated rings. The van der Waals surface area contributed by atoms with Crippen molar-refractivity contribution in [2.24, 2.45) is 0 Å². The van der Waals surface area contributed by atoms with Gasteiger partial charge in [0.1, 0.15) is 18.2 Å². The van der Waals surface area contributed by atoms with Gasteiger partial charge in [-0.25, -0.2) is 0 Å². The highest BCUT2D eigenvalue weighted by Crippen LogP contribution is 2.30. The largest absolute Gasteiger partial charge is 0.486 e. The lowest BCUT2D eigenvalue weighted by Crippen LogP contribution is -2.17. The Balaban J connectivity index is 1.66. The van der Waals surface area contributed by atoms with Gasteiger partial charge in [-0.1, -0.05) is 17.4 Å². The monoisotopic (exact) mass is 291 g/mol. The van der Waals surface area contributed by atoms with Crippen LogP contribution in [0.2, 0.25) is 0 Å². The minimum absolute atomic E-state index is 0.127. The zero-order valence-corrected chi connectivity index (χ0v) is 11.7. The molecular formula is C13H13N3O3S. The average Bonchev–Trinajstić information content (AvgIpc) is 2.83. The Hall–Kier alpha value is -2.15. The van der Waals surface area contributed by atoms with E-state index in [0.717, 1.165) is 16.3 Å². The van der Waals surface area contributed by atoms with Crippen LogP contribution in [0, 0.1) is 6.92 Å². The van der Waals surface area contributed by atoms with Crippen molar-refractivity contribution in [3.63, 3.8) is 0 Å². The molecule has 1 aromatic carbocycles. The number of amides is 1. The Kier molecular flexibility index (Phi) is 3.51. The molecule has 0 atom stereocenters. The molecule has 3 rings (SSSR count).